The van der Waals surface area contributed by atoms with Crippen molar-refractivity contribution in [2.24, 2.45) is 9.98 Å². The second kappa shape index (κ2) is 7.69. The SMILES string of the molecule is COC(C)CC=NC=NCCl. The summed E-state index contributed by atoms with van der Waals surface area (Å²) in [6.45, 7) is 1.98. The Bertz CT molecular complexity index is 136. The Hall–Kier alpha value is -0.410. The normalized spacial score (nSPS) is 14.8. The number of rotatable bonds is 5. The van der Waals surface area contributed by atoms with Crippen molar-refractivity contribution in [1.82, 2.24) is 0 Å². The maximum Gasteiger partial charge on any atom is 0.115 e. The highest BCUT2D eigenvalue weighted by atomic mass is 35.5. The zero-order valence-corrected chi connectivity index (χ0v) is 7.58. The second-order valence-electron chi connectivity index (χ2n) is 2.03. The van der Waals surface area contributed by atoms with E-state index < -0.39 is 0 Å². The summed E-state index contributed by atoms with van der Waals surface area (Å²) >= 11 is 5.27. The lowest BCUT2D eigenvalue weighted by atomic mass is 10.3. The summed E-state index contributed by atoms with van der Waals surface area (Å²) in [6, 6.07) is 0.261. The van der Waals surface area contributed by atoms with Crippen LogP contribution in [-0.2, 0) is 4.74 Å². The Morgan fingerprint density at radius 3 is 2.91 bits per heavy atom. The third-order valence-electron chi connectivity index (χ3n) is 1.16. The molecule has 4 heteroatoms. The molecule has 0 spiro atoms. The van der Waals surface area contributed by atoms with E-state index in [1.807, 2.05) is 6.92 Å². The average Bonchev–Trinajstić information content (AvgIpc) is 2.04. The van der Waals surface area contributed by atoms with Crippen LogP contribution in [0.1, 0.15) is 13.3 Å². The van der Waals surface area contributed by atoms with Gasteiger partial charge in [-0.3, -0.25) is 4.99 Å². The molecule has 0 heterocycles. The standard InChI is InChI=1S/C7H13ClN2O/c1-7(11-2)3-4-9-6-10-5-8/h4,6-7H,3,5H2,1-2H3. The van der Waals surface area contributed by atoms with Crippen molar-refractivity contribution in [3.05, 3.63) is 0 Å². The molecule has 1 unspecified atom stereocenters. The fraction of sp³-hybridized carbons (Fsp3) is 0.714. The lowest BCUT2D eigenvalue weighted by Crippen LogP contribution is -2.04. The van der Waals surface area contributed by atoms with Crippen molar-refractivity contribution < 1.29 is 4.74 Å². The highest BCUT2D eigenvalue weighted by molar-refractivity contribution is 6.18. The molecule has 0 saturated heterocycles. The summed E-state index contributed by atoms with van der Waals surface area (Å²) in [5, 5.41) is 0. The van der Waals surface area contributed by atoms with Gasteiger partial charge in [0, 0.05) is 19.7 Å². The molecule has 3 nitrogen and oxygen atoms in total. The van der Waals surface area contributed by atoms with Crippen LogP contribution in [0.5, 0.6) is 0 Å². The van der Waals surface area contributed by atoms with Gasteiger partial charge in [0.05, 0.1) is 6.10 Å². The zero-order chi connectivity index (χ0) is 8.53. The number of hydrogen-bond acceptors (Lipinski definition) is 2. The van der Waals surface area contributed by atoms with Gasteiger partial charge in [-0.2, -0.15) is 0 Å². The first-order chi connectivity index (χ1) is 5.31. The largest absolute Gasteiger partial charge is 0.381 e. The van der Waals surface area contributed by atoms with E-state index in [-0.39, 0.29) is 12.1 Å². The van der Waals surface area contributed by atoms with Crippen LogP contribution in [0.15, 0.2) is 9.98 Å². The minimum absolute atomic E-state index is 0.211. The van der Waals surface area contributed by atoms with Crippen molar-refractivity contribution in [1.29, 1.82) is 0 Å². The fourth-order valence-corrected chi connectivity index (χ4v) is 0.492. The molecular weight excluding hydrogens is 164 g/mol. The van der Waals surface area contributed by atoms with E-state index in [0.717, 1.165) is 6.42 Å². The smallest absolute Gasteiger partial charge is 0.115 e. The van der Waals surface area contributed by atoms with E-state index in [9.17, 15) is 0 Å². The number of nitrogens with zero attached hydrogens (tertiary/aromatic N) is 2. The molecule has 0 amide bonds. The van der Waals surface area contributed by atoms with Crippen LogP contribution < -0.4 is 0 Å². The molecular formula is C7H13ClN2O. The highest BCUT2D eigenvalue weighted by Gasteiger charge is 1.92. The van der Waals surface area contributed by atoms with Crippen LogP contribution >= 0.6 is 11.6 Å². The van der Waals surface area contributed by atoms with Gasteiger partial charge in [0.15, 0.2) is 0 Å². The van der Waals surface area contributed by atoms with Gasteiger partial charge >= 0.3 is 0 Å². The van der Waals surface area contributed by atoms with Gasteiger partial charge in [-0.1, -0.05) is 0 Å². The van der Waals surface area contributed by atoms with Crippen molar-refractivity contribution in [3.8, 4) is 0 Å². The minimum atomic E-state index is 0.211. The van der Waals surface area contributed by atoms with Gasteiger partial charge in [-0.05, 0) is 6.92 Å². The number of alkyl halides is 1. The predicted molar refractivity (Wildman–Crippen MR) is 48.8 cm³/mol. The first kappa shape index (κ1) is 10.6. The van der Waals surface area contributed by atoms with Gasteiger partial charge in [0.1, 0.15) is 12.3 Å². The Morgan fingerprint density at radius 1 is 1.64 bits per heavy atom. The molecule has 0 bridgehead atoms. The Balaban J connectivity index is 3.36. The molecule has 64 valence electrons. The fourth-order valence-electron chi connectivity index (χ4n) is 0.431. The summed E-state index contributed by atoms with van der Waals surface area (Å²) in [4.78, 5) is 7.56. The molecule has 1 atom stereocenters. The molecule has 0 aromatic rings. The summed E-state index contributed by atoms with van der Waals surface area (Å²) in [5.74, 6) is 0. The van der Waals surface area contributed by atoms with Crippen molar-refractivity contribution in [2.45, 2.75) is 19.4 Å². The topological polar surface area (TPSA) is 34.0 Å². The van der Waals surface area contributed by atoms with Crippen LogP contribution in [0.4, 0.5) is 0 Å². The Kier molecular flexibility index (Phi) is 7.41. The van der Waals surface area contributed by atoms with E-state index >= 15 is 0 Å². The van der Waals surface area contributed by atoms with Crippen molar-refractivity contribution >= 4 is 24.2 Å². The van der Waals surface area contributed by atoms with E-state index in [2.05, 4.69) is 9.98 Å². The highest BCUT2D eigenvalue weighted by Crippen LogP contribution is 1.90. The second-order valence-corrected chi connectivity index (χ2v) is 2.27. The molecule has 11 heavy (non-hydrogen) atoms. The van der Waals surface area contributed by atoms with E-state index in [0.29, 0.717) is 0 Å². The van der Waals surface area contributed by atoms with Gasteiger partial charge in [0.25, 0.3) is 0 Å². The Morgan fingerprint density at radius 2 is 2.36 bits per heavy atom. The molecule has 0 rings (SSSR count). The molecule has 0 aromatic carbocycles. The number of halogens is 1. The average molecular weight is 177 g/mol. The van der Waals surface area contributed by atoms with Crippen molar-refractivity contribution in [3.63, 3.8) is 0 Å². The van der Waals surface area contributed by atoms with E-state index in [1.54, 1.807) is 13.3 Å². The third kappa shape index (κ3) is 7.49. The third-order valence-corrected chi connectivity index (χ3v) is 1.30. The molecule has 0 N–H and O–H groups in total. The summed E-state index contributed by atoms with van der Waals surface area (Å²) in [6.07, 6.45) is 4.20. The summed E-state index contributed by atoms with van der Waals surface area (Å²) in [7, 11) is 1.67. The lowest BCUT2D eigenvalue weighted by Gasteiger charge is -2.02. The monoisotopic (exact) mass is 176 g/mol. The minimum Gasteiger partial charge on any atom is -0.381 e. The predicted octanol–water partition coefficient (Wildman–Crippen LogP) is 1.71. The molecule has 0 aliphatic carbocycles. The molecule has 0 saturated carbocycles. The molecule has 0 aromatic heterocycles. The lowest BCUT2D eigenvalue weighted by molar-refractivity contribution is 0.125. The van der Waals surface area contributed by atoms with Crippen LogP contribution in [-0.4, -0.2) is 31.8 Å². The van der Waals surface area contributed by atoms with Gasteiger partial charge in [-0.25, -0.2) is 4.99 Å². The first-order valence-corrected chi connectivity index (χ1v) is 3.93. The molecule has 0 fully saturated rings. The maximum atomic E-state index is 5.27. The van der Waals surface area contributed by atoms with E-state index in [4.69, 9.17) is 16.3 Å². The van der Waals surface area contributed by atoms with Crippen LogP contribution in [0.3, 0.4) is 0 Å². The summed E-state index contributed by atoms with van der Waals surface area (Å²) in [5.41, 5.74) is 0. The number of methoxy groups -OCH3 is 1. The Labute approximate surface area is 72.1 Å². The van der Waals surface area contributed by atoms with E-state index in [1.165, 1.54) is 6.34 Å². The van der Waals surface area contributed by atoms with Gasteiger partial charge in [0.2, 0.25) is 0 Å². The van der Waals surface area contributed by atoms with Gasteiger partial charge < -0.3 is 4.74 Å². The molecule has 0 radical (unpaired) electrons. The first-order valence-electron chi connectivity index (χ1n) is 3.40. The maximum absolute atomic E-state index is 5.27. The number of ether oxygens (including phenoxy) is 1. The number of hydrogen-bond donors (Lipinski definition) is 0. The zero-order valence-electron chi connectivity index (χ0n) is 6.83. The van der Waals surface area contributed by atoms with Crippen LogP contribution in [0.2, 0.25) is 0 Å². The van der Waals surface area contributed by atoms with Crippen LogP contribution in [0, 0.1) is 0 Å². The molecule has 0 aliphatic rings. The molecule has 0 aliphatic heterocycles. The van der Waals surface area contributed by atoms with Gasteiger partial charge in [-0.15, -0.1) is 11.6 Å². The summed E-state index contributed by atoms with van der Waals surface area (Å²) < 4.78 is 4.99. The quantitative estimate of drug-likeness (QED) is 0.272. The van der Waals surface area contributed by atoms with Crippen LogP contribution in [0.25, 0.3) is 0 Å². The van der Waals surface area contributed by atoms with Crippen molar-refractivity contribution in [2.75, 3.05) is 13.1 Å². The number of aliphatic imine (C=N–C) groups is 2.